The van der Waals surface area contributed by atoms with Crippen molar-refractivity contribution in [1.82, 2.24) is 5.32 Å². The summed E-state index contributed by atoms with van der Waals surface area (Å²) in [7, 11) is 0. The van der Waals surface area contributed by atoms with E-state index >= 15 is 0 Å². The molecule has 16 heavy (non-hydrogen) atoms. The van der Waals surface area contributed by atoms with Gasteiger partial charge in [0.15, 0.2) is 0 Å². The Hall–Kier alpha value is -0.470. The van der Waals surface area contributed by atoms with E-state index in [9.17, 15) is 0 Å². The average molecular weight is 235 g/mol. The highest BCUT2D eigenvalue weighted by Gasteiger charge is 2.20. The molecule has 1 aromatic rings. The summed E-state index contributed by atoms with van der Waals surface area (Å²) in [5.41, 5.74) is 0. The maximum Gasteiger partial charge on any atom is 0.00719 e. The van der Waals surface area contributed by atoms with Gasteiger partial charge in [0.25, 0.3) is 0 Å². The molecule has 0 amide bonds. The molecule has 1 aliphatic rings. The van der Waals surface area contributed by atoms with Gasteiger partial charge in [-0.15, -0.1) is 11.8 Å². The molecule has 1 N–H and O–H groups in total. The van der Waals surface area contributed by atoms with Gasteiger partial charge in [0.1, 0.15) is 0 Å². The van der Waals surface area contributed by atoms with Gasteiger partial charge in [-0.1, -0.05) is 25.1 Å². The summed E-state index contributed by atoms with van der Waals surface area (Å²) in [5.74, 6) is 2.04. The van der Waals surface area contributed by atoms with Crippen LogP contribution in [0.3, 0.4) is 0 Å². The number of rotatable bonds is 7. The molecule has 0 bridgehead atoms. The van der Waals surface area contributed by atoms with Crippen molar-refractivity contribution in [2.45, 2.75) is 37.1 Å². The first kappa shape index (κ1) is 12.0. The molecule has 0 spiro atoms. The molecule has 0 saturated heterocycles. The fourth-order valence-corrected chi connectivity index (χ4v) is 2.76. The Balaban J connectivity index is 1.56. The highest BCUT2D eigenvalue weighted by molar-refractivity contribution is 7.99. The maximum atomic E-state index is 3.60. The van der Waals surface area contributed by atoms with Crippen molar-refractivity contribution >= 4 is 11.8 Å². The normalized spacial score (nSPS) is 17.3. The molecule has 0 heterocycles. The number of hydrogen-bond acceptors (Lipinski definition) is 2. The molecule has 0 radical (unpaired) electrons. The summed E-state index contributed by atoms with van der Waals surface area (Å²) >= 11 is 1.97. The van der Waals surface area contributed by atoms with Crippen LogP contribution in [0.15, 0.2) is 35.2 Å². The molecule has 0 aliphatic heterocycles. The molecule has 0 aromatic heterocycles. The third kappa shape index (κ3) is 4.58. The Morgan fingerprint density at radius 3 is 2.75 bits per heavy atom. The standard InChI is InChI=1S/C14H21NS/c1-12(11-15-13-7-8-13)9-10-16-14-5-3-2-4-6-14/h2-6,12-13,15H,7-11H2,1H3. The van der Waals surface area contributed by atoms with Crippen LogP contribution in [0.2, 0.25) is 0 Å². The fraction of sp³-hybridized carbons (Fsp3) is 0.571. The largest absolute Gasteiger partial charge is 0.314 e. The summed E-state index contributed by atoms with van der Waals surface area (Å²) in [6.07, 6.45) is 4.09. The minimum Gasteiger partial charge on any atom is -0.314 e. The predicted octanol–water partition coefficient (Wildman–Crippen LogP) is 3.56. The lowest BCUT2D eigenvalue weighted by molar-refractivity contribution is 0.501. The van der Waals surface area contributed by atoms with Crippen LogP contribution in [0.1, 0.15) is 26.2 Å². The van der Waals surface area contributed by atoms with Crippen molar-refractivity contribution in [3.05, 3.63) is 30.3 Å². The van der Waals surface area contributed by atoms with Crippen molar-refractivity contribution in [1.29, 1.82) is 0 Å². The highest BCUT2D eigenvalue weighted by Crippen LogP contribution is 2.21. The van der Waals surface area contributed by atoms with Crippen LogP contribution in [0.4, 0.5) is 0 Å². The summed E-state index contributed by atoms with van der Waals surface area (Å²) in [6, 6.07) is 11.5. The number of nitrogens with one attached hydrogen (secondary N) is 1. The smallest absolute Gasteiger partial charge is 0.00719 e. The second-order valence-corrected chi connectivity index (χ2v) is 5.91. The first-order valence-corrected chi connectivity index (χ1v) is 7.24. The molecule has 1 unspecified atom stereocenters. The van der Waals surface area contributed by atoms with Gasteiger partial charge < -0.3 is 5.32 Å². The van der Waals surface area contributed by atoms with Gasteiger partial charge in [0, 0.05) is 10.9 Å². The zero-order valence-corrected chi connectivity index (χ0v) is 10.8. The number of benzene rings is 1. The summed E-state index contributed by atoms with van der Waals surface area (Å²) in [4.78, 5) is 1.39. The molecule has 88 valence electrons. The summed E-state index contributed by atoms with van der Waals surface area (Å²) in [6.45, 7) is 3.54. The molecule has 1 saturated carbocycles. The highest BCUT2D eigenvalue weighted by atomic mass is 32.2. The van der Waals surface area contributed by atoms with E-state index in [1.165, 1.54) is 36.5 Å². The van der Waals surface area contributed by atoms with Crippen LogP contribution in [-0.4, -0.2) is 18.3 Å². The minimum atomic E-state index is 0.803. The van der Waals surface area contributed by atoms with E-state index in [4.69, 9.17) is 0 Å². The molecule has 1 fully saturated rings. The van der Waals surface area contributed by atoms with Crippen LogP contribution in [-0.2, 0) is 0 Å². The monoisotopic (exact) mass is 235 g/mol. The molecule has 1 atom stereocenters. The van der Waals surface area contributed by atoms with Crippen molar-refractivity contribution in [2.75, 3.05) is 12.3 Å². The predicted molar refractivity (Wildman–Crippen MR) is 72.0 cm³/mol. The molecule has 1 nitrogen and oxygen atoms in total. The first-order valence-electron chi connectivity index (χ1n) is 6.26. The van der Waals surface area contributed by atoms with Crippen LogP contribution < -0.4 is 5.32 Å². The van der Waals surface area contributed by atoms with Crippen LogP contribution in [0.25, 0.3) is 0 Å². The second-order valence-electron chi connectivity index (χ2n) is 4.74. The van der Waals surface area contributed by atoms with Gasteiger partial charge in [0.05, 0.1) is 0 Å². The Labute approximate surface area is 103 Å². The van der Waals surface area contributed by atoms with Gasteiger partial charge >= 0.3 is 0 Å². The van der Waals surface area contributed by atoms with Crippen LogP contribution >= 0.6 is 11.8 Å². The molecule has 2 rings (SSSR count). The van der Waals surface area contributed by atoms with Crippen molar-refractivity contribution in [2.24, 2.45) is 5.92 Å². The van der Waals surface area contributed by atoms with E-state index in [2.05, 4.69) is 42.6 Å². The van der Waals surface area contributed by atoms with E-state index < -0.39 is 0 Å². The summed E-state index contributed by atoms with van der Waals surface area (Å²) in [5, 5.41) is 3.60. The van der Waals surface area contributed by atoms with Gasteiger partial charge in [-0.3, -0.25) is 0 Å². The lowest BCUT2D eigenvalue weighted by atomic mass is 10.1. The molecule has 2 heteroatoms. The number of hydrogen-bond donors (Lipinski definition) is 1. The third-order valence-corrected chi connectivity index (χ3v) is 4.00. The maximum absolute atomic E-state index is 3.60. The van der Waals surface area contributed by atoms with Crippen molar-refractivity contribution in [3.63, 3.8) is 0 Å². The Morgan fingerprint density at radius 2 is 2.06 bits per heavy atom. The van der Waals surface area contributed by atoms with Gasteiger partial charge in [-0.2, -0.15) is 0 Å². The molecule has 1 aliphatic carbocycles. The van der Waals surface area contributed by atoms with Crippen molar-refractivity contribution < 1.29 is 0 Å². The fourth-order valence-electron chi connectivity index (χ4n) is 1.65. The Morgan fingerprint density at radius 1 is 1.31 bits per heavy atom. The quantitative estimate of drug-likeness (QED) is 0.725. The van der Waals surface area contributed by atoms with Crippen molar-refractivity contribution in [3.8, 4) is 0 Å². The van der Waals surface area contributed by atoms with Gasteiger partial charge in [-0.05, 0) is 49.6 Å². The Kier molecular flexibility index (Phi) is 4.73. The van der Waals surface area contributed by atoms with E-state index in [1.807, 2.05) is 11.8 Å². The third-order valence-electron chi connectivity index (χ3n) is 2.95. The topological polar surface area (TPSA) is 12.0 Å². The first-order chi connectivity index (χ1) is 7.84. The zero-order valence-electron chi connectivity index (χ0n) is 9.99. The zero-order chi connectivity index (χ0) is 11.2. The van der Waals surface area contributed by atoms with E-state index in [1.54, 1.807) is 0 Å². The van der Waals surface area contributed by atoms with Crippen LogP contribution in [0, 0.1) is 5.92 Å². The molecule has 1 aromatic carbocycles. The summed E-state index contributed by atoms with van der Waals surface area (Å²) < 4.78 is 0. The Bertz CT molecular complexity index is 295. The van der Waals surface area contributed by atoms with E-state index in [0.29, 0.717) is 0 Å². The van der Waals surface area contributed by atoms with Gasteiger partial charge in [-0.25, -0.2) is 0 Å². The van der Waals surface area contributed by atoms with Gasteiger partial charge in [0.2, 0.25) is 0 Å². The van der Waals surface area contributed by atoms with Crippen LogP contribution in [0.5, 0.6) is 0 Å². The molecular formula is C14H21NS. The minimum absolute atomic E-state index is 0.803. The van der Waals surface area contributed by atoms with E-state index in [-0.39, 0.29) is 0 Å². The lowest BCUT2D eigenvalue weighted by Gasteiger charge is -2.11. The molecular weight excluding hydrogens is 214 g/mol. The SMILES string of the molecule is CC(CCSc1ccccc1)CNC1CC1. The average Bonchev–Trinajstić information content (AvgIpc) is 3.12. The number of thioether (sulfide) groups is 1. The van der Waals surface area contributed by atoms with E-state index in [0.717, 1.165) is 12.0 Å². The second kappa shape index (κ2) is 6.31. The lowest BCUT2D eigenvalue weighted by Crippen LogP contribution is -2.23.